The maximum atomic E-state index is 12.2. The van der Waals surface area contributed by atoms with Crippen molar-refractivity contribution in [1.29, 1.82) is 0 Å². The van der Waals surface area contributed by atoms with E-state index in [1.165, 1.54) is 0 Å². The summed E-state index contributed by atoms with van der Waals surface area (Å²) in [6, 6.07) is 1.64. The predicted octanol–water partition coefficient (Wildman–Crippen LogP) is 2.83. The van der Waals surface area contributed by atoms with E-state index in [1.54, 1.807) is 6.26 Å². The largest absolute Gasteiger partial charge is 0.466 e. The van der Waals surface area contributed by atoms with E-state index in [0.29, 0.717) is 6.42 Å². The Morgan fingerprint density at radius 3 is 3.00 bits per heavy atom. The first-order chi connectivity index (χ1) is 8.65. The molecule has 4 nitrogen and oxygen atoms in total. The summed E-state index contributed by atoms with van der Waals surface area (Å²) in [7, 11) is 0. The summed E-state index contributed by atoms with van der Waals surface area (Å²) in [6.07, 6.45) is 4.85. The van der Waals surface area contributed by atoms with Gasteiger partial charge in [0.2, 0.25) is 5.91 Å². The van der Waals surface area contributed by atoms with Crippen LogP contribution in [0, 0.1) is 0 Å². The van der Waals surface area contributed by atoms with Crippen LogP contribution in [0.25, 0.3) is 0 Å². The van der Waals surface area contributed by atoms with Crippen molar-refractivity contribution < 1.29 is 9.21 Å². The highest BCUT2D eigenvalue weighted by Gasteiger charge is 2.35. The summed E-state index contributed by atoms with van der Waals surface area (Å²) < 4.78 is 6.42. The number of carbonyl (C=O) groups excluding carboxylic acids is 1. The number of rotatable bonds is 3. The molecule has 2 rings (SSSR count). The smallest absolute Gasteiger partial charge is 0.223 e. The van der Waals surface area contributed by atoms with Crippen LogP contribution in [0.2, 0.25) is 0 Å². The highest BCUT2D eigenvalue weighted by Crippen LogP contribution is 2.34. The molecule has 0 aliphatic carbocycles. The zero-order valence-corrected chi connectivity index (χ0v) is 12.1. The lowest BCUT2D eigenvalue weighted by atomic mass is 10.0. The van der Waals surface area contributed by atoms with E-state index in [4.69, 9.17) is 10.2 Å². The summed E-state index contributed by atoms with van der Waals surface area (Å²) in [5.41, 5.74) is 6.25. The third-order valence-corrected chi connectivity index (χ3v) is 4.02. The van der Waals surface area contributed by atoms with Crippen LogP contribution in [-0.4, -0.2) is 23.4 Å². The average molecular weight is 315 g/mol. The van der Waals surface area contributed by atoms with Crippen LogP contribution >= 0.6 is 15.9 Å². The Hall–Kier alpha value is -0.810. The van der Waals surface area contributed by atoms with E-state index < -0.39 is 0 Å². The molecular formula is C13H19BrN2O2. The number of nitrogens with two attached hydrogens (primary N) is 1. The molecular weight excluding hydrogens is 296 g/mol. The summed E-state index contributed by atoms with van der Waals surface area (Å²) in [4.78, 5) is 14.1. The molecule has 18 heavy (non-hydrogen) atoms. The van der Waals surface area contributed by atoms with Gasteiger partial charge in [-0.05, 0) is 41.3 Å². The van der Waals surface area contributed by atoms with Crippen molar-refractivity contribution in [3.63, 3.8) is 0 Å². The van der Waals surface area contributed by atoms with Crippen LogP contribution < -0.4 is 5.73 Å². The maximum Gasteiger partial charge on any atom is 0.223 e. The van der Waals surface area contributed by atoms with Gasteiger partial charge in [-0.25, -0.2) is 0 Å². The normalized spacial score (nSPS) is 25.3. The van der Waals surface area contributed by atoms with Gasteiger partial charge >= 0.3 is 0 Å². The Morgan fingerprint density at radius 1 is 1.61 bits per heavy atom. The molecule has 0 aromatic carbocycles. The maximum absolute atomic E-state index is 12.2. The molecule has 1 amide bonds. The number of amides is 1. The molecule has 0 radical (unpaired) electrons. The van der Waals surface area contributed by atoms with Crippen molar-refractivity contribution in [3.05, 3.63) is 22.6 Å². The molecule has 1 aliphatic heterocycles. The monoisotopic (exact) mass is 314 g/mol. The van der Waals surface area contributed by atoms with E-state index in [2.05, 4.69) is 22.9 Å². The van der Waals surface area contributed by atoms with Crippen molar-refractivity contribution in [2.45, 2.75) is 44.7 Å². The molecule has 0 saturated carbocycles. The summed E-state index contributed by atoms with van der Waals surface area (Å²) in [5.74, 6) is 0.948. The van der Waals surface area contributed by atoms with E-state index in [9.17, 15) is 4.79 Å². The first-order valence-electron chi connectivity index (χ1n) is 6.43. The van der Waals surface area contributed by atoms with Gasteiger partial charge in [0.05, 0.1) is 10.7 Å². The topological polar surface area (TPSA) is 59.5 Å². The fourth-order valence-corrected chi connectivity index (χ4v) is 2.97. The van der Waals surface area contributed by atoms with Crippen molar-refractivity contribution in [3.8, 4) is 0 Å². The number of hydrogen-bond acceptors (Lipinski definition) is 3. The van der Waals surface area contributed by atoms with Gasteiger partial charge in [-0.3, -0.25) is 4.79 Å². The van der Waals surface area contributed by atoms with Gasteiger partial charge in [0.15, 0.2) is 0 Å². The molecule has 1 fully saturated rings. The first kappa shape index (κ1) is 13.6. The molecule has 2 heterocycles. The molecule has 5 heteroatoms. The Labute approximate surface area is 116 Å². The minimum absolute atomic E-state index is 0.0644. The standard InChI is InChI=1S/C13H19BrN2O2/c1-2-7-16-11(17)5-3-4-10(15)12(16)13-9(14)6-8-18-13/h6,8,10,12H,2-5,7,15H2,1H3. The minimum atomic E-state index is -0.149. The lowest BCUT2D eigenvalue weighted by molar-refractivity contribution is -0.133. The van der Waals surface area contributed by atoms with Gasteiger partial charge in [-0.2, -0.15) is 0 Å². The molecule has 1 saturated heterocycles. The fourth-order valence-electron chi connectivity index (χ4n) is 2.53. The Morgan fingerprint density at radius 2 is 2.39 bits per heavy atom. The highest BCUT2D eigenvalue weighted by molar-refractivity contribution is 9.10. The zero-order chi connectivity index (χ0) is 13.1. The van der Waals surface area contributed by atoms with Crippen LogP contribution in [-0.2, 0) is 4.79 Å². The number of likely N-dealkylation sites (tertiary alicyclic amines) is 1. The van der Waals surface area contributed by atoms with Crippen LogP contribution in [0.15, 0.2) is 21.2 Å². The summed E-state index contributed by atoms with van der Waals surface area (Å²) in [6.45, 7) is 2.79. The number of carbonyl (C=O) groups is 1. The molecule has 1 aromatic heterocycles. The minimum Gasteiger partial charge on any atom is -0.466 e. The molecule has 0 spiro atoms. The third kappa shape index (κ3) is 2.62. The average Bonchev–Trinajstić information content (AvgIpc) is 2.69. The predicted molar refractivity (Wildman–Crippen MR) is 73.0 cm³/mol. The number of hydrogen-bond donors (Lipinski definition) is 1. The Bertz CT molecular complexity index is 419. The number of furan rings is 1. The van der Waals surface area contributed by atoms with Crippen LogP contribution in [0.5, 0.6) is 0 Å². The fraction of sp³-hybridized carbons (Fsp3) is 0.615. The van der Waals surface area contributed by atoms with Crippen molar-refractivity contribution in [1.82, 2.24) is 4.90 Å². The molecule has 2 N–H and O–H groups in total. The van der Waals surface area contributed by atoms with Gasteiger partial charge in [0.25, 0.3) is 0 Å². The molecule has 0 bridgehead atoms. The summed E-state index contributed by atoms with van der Waals surface area (Å²) >= 11 is 3.47. The number of nitrogens with zero attached hydrogens (tertiary/aromatic N) is 1. The Balaban J connectivity index is 2.36. The van der Waals surface area contributed by atoms with Crippen molar-refractivity contribution in [2.75, 3.05) is 6.54 Å². The zero-order valence-electron chi connectivity index (χ0n) is 10.6. The molecule has 2 unspecified atom stereocenters. The second kappa shape index (κ2) is 5.89. The Kier molecular flexibility index (Phi) is 4.45. The van der Waals surface area contributed by atoms with E-state index >= 15 is 0 Å². The molecule has 2 atom stereocenters. The first-order valence-corrected chi connectivity index (χ1v) is 7.22. The van der Waals surface area contributed by atoms with Crippen LogP contribution in [0.3, 0.4) is 0 Å². The van der Waals surface area contributed by atoms with Gasteiger partial charge < -0.3 is 15.1 Å². The van der Waals surface area contributed by atoms with Gasteiger partial charge in [0.1, 0.15) is 11.8 Å². The van der Waals surface area contributed by atoms with Crippen molar-refractivity contribution >= 4 is 21.8 Å². The second-order valence-electron chi connectivity index (χ2n) is 4.72. The van der Waals surface area contributed by atoms with E-state index in [1.807, 2.05) is 11.0 Å². The lowest BCUT2D eigenvalue weighted by Gasteiger charge is -2.32. The van der Waals surface area contributed by atoms with E-state index in [0.717, 1.165) is 36.0 Å². The quantitative estimate of drug-likeness (QED) is 0.933. The van der Waals surface area contributed by atoms with Crippen molar-refractivity contribution in [2.24, 2.45) is 5.73 Å². The van der Waals surface area contributed by atoms with Gasteiger partial charge in [0, 0.05) is 19.0 Å². The molecule has 100 valence electrons. The van der Waals surface area contributed by atoms with Gasteiger partial charge in [-0.15, -0.1) is 0 Å². The SMILES string of the molecule is CCCN1C(=O)CCCC(N)C1c1occc1Br. The summed E-state index contributed by atoms with van der Waals surface area (Å²) in [5, 5.41) is 0. The van der Waals surface area contributed by atoms with Crippen LogP contribution in [0.4, 0.5) is 0 Å². The van der Waals surface area contributed by atoms with E-state index in [-0.39, 0.29) is 18.0 Å². The van der Waals surface area contributed by atoms with Crippen LogP contribution in [0.1, 0.15) is 44.4 Å². The van der Waals surface area contributed by atoms with Gasteiger partial charge in [-0.1, -0.05) is 6.92 Å². The highest BCUT2D eigenvalue weighted by atomic mass is 79.9. The number of halogens is 1. The molecule has 1 aliphatic rings. The lowest BCUT2D eigenvalue weighted by Crippen LogP contribution is -2.42. The second-order valence-corrected chi connectivity index (χ2v) is 5.58. The molecule has 1 aromatic rings. The third-order valence-electron chi connectivity index (χ3n) is 3.37.